The van der Waals surface area contributed by atoms with E-state index in [1.54, 1.807) is 10.9 Å². The molecule has 1 aliphatic rings. The molecule has 0 unspecified atom stereocenters. The molecule has 23 heavy (non-hydrogen) atoms. The quantitative estimate of drug-likeness (QED) is 0.879. The number of furan rings is 1. The minimum Gasteiger partial charge on any atom is -0.468 e. The molecule has 6 nitrogen and oxygen atoms in total. The molecular formula is C16H21ClN4O2. The van der Waals surface area contributed by atoms with Crippen molar-refractivity contribution in [2.24, 2.45) is 5.92 Å². The van der Waals surface area contributed by atoms with Gasteiger partial charge in [-0.15, -0.1) is 0 Å². The topological polar surface area (TPSA) is 63.3 Å². The maximum Gasteiger partial charge on any atom is 0.271 e. The predicted molar refractivity (Wildman–Crippen MR) is 87.3 cm³/mol. The zero-order chi connectivity index (χ0) is 16.2. The van der Waals surface area contributed by atoms with Crippen LogP contribution < -0.4 is 5.32 Å². The first kappa shape index (κ1) is 16.1. The Morgan fingerprint density at radius 1 is 1.57 bits per heavy atom. The third-order valence-electron chi connectivity index (χ3n) is 4.19. The van der Waals surface area contributed by atoms with Crippen molar-refractivity contribution in [3.05, 3.63) is 41.1 Å². The Morgan fingerprint density at radius 3 is 3.17 bits per heavy atom. The molecular weight excluding hydrogens is 316 g/mol. The van der Waals surface area contributed by atoms with Gasteiger partial charge in [0.2, 0.25) is 0 Å². The Balaban J connectivity index is 1.49. The summed E-state index contributed by atoms with van der Waals surface area (Å²) in [5, 5.41) is 7.48. The highest BCUT2D eigenvalue weighted by molar-refractivity contribution is 6.33. The molecule has 1 N–H and O–H groups in total. The molecule has 7 heteroatoms. The molecule has 1 fully saturated rings. The highest BCUT2D eigenvalue weighted by Gasteiger charge is 2.24. The molecule has 124 valence electrons. The Labute approximate surface area is 140 Å². The summed E-state index contributed by atoms with van der Waals surface area (Å²) >= 11 is 6.05. The largest absolute Gasteiger partial charge is 0.468 e. The van der Waals surface area contributed by atoms with Gasteiger partial charge >= 0.3 is 0 Å². The van der Waals surface area contributed by atoms with Crippen molar-refractivity contribution in [2.45, 2.75) is 26.4 Å². The van der Waals surface area contributed by atoms with Gasteiger partial charge < -0.3 is 9.73 Å². The van der Waals surface area contributed by atoms with E-state index in [2.05, 4.69) is 15.3 Å². The van der Waals surface area contributed by atoms with E-state index in [9.17, 15) is 4.79 Å². The molecule has 1 aliphatic heterocycles. The van der Waals surface area contributed by atoms with Gasteiger partial charge in [-0.3, -0.25) is 14.4 Å². The molecule has 2 aromatic heterocycles. The maximum atomic E-state index is 12.3. The molecule has 0 saturated carbocycles. The van der Waals surface area contributed by atoms with Gasteiger partial charge in [-0.25, -0.2) is 0 Å². The molecule has 0 aliphatic carbocycles. The highest BCUT2D eigenvalue weighted by atomic mass is 35.5. The summed E-state index contributed by atoms with van der Waals surface area (Å²) in [6.45, 7) is 6.01. The number of halogens is 1. The number of nitrogens with zero attached hydrogens (tertiary/aromatic N) is 3. The second-order valence-electron chi connectivity index (χ2n) is 5.84. The van der Waals surface area contributed by atoms with Gasteiger partial charge in [0.05, 0.1) is 24.0 Å². The molecule has 0 spiro atoms. The Bertz CT molecular complexity index is 653. The van der Waals surface area contributed by atoms with E-state index in [0.29, 0.717) is 29.7 Å². The fourth-order valence-corrected chi connectivity index (χ4v) is 3.22. The lowest BCUT2D eigenvalue weighted by atomic mass is 10.1. The van der Waals surface area contributed by atoms with Crippen LogP contribution >= 0.6 is 11.6 Å². The summed E-state index contributed by atoms with van der Waals surface area (Å²) in [5.41, 5.74) is 0.444. The van der Waals surface area contributed by atoms with Crippen LogP contribution in [0.4, 0.5) is 0 Å². The summed E-state index contributed by atoms with van der Waals surface area (Å²) in [5.74, 6) is 1.28. The highest BCUT2D eigenvalue weighted by Crippen LogP contribution is 2.19. The Morgan fingerprint density at radius 2 is 2.43 bits per heavy atom. The third-order valence-corrected chi connectivity index (χ3v) is 4.47. The van der Waals surface area contributed by atoms with Gasteiger partial charge in [-0.1, -0.05) is 11.6 Å². The van der Waals surface area contributed by atoms with Gasteiger partial charge in [0.25, 0.3) is 5.91 Å². The van der Waals surface area contributed by atoms with Gasteiger partial charge in [-0.2, -0.15) is 5.10 Å². The normalized spacial score (nSPS) is 18.4. The summed E-state index contributed by atoms with van der Waals surface area (Å²) in [6.07, 6.45) is 4.28. The first-order chi connectivity index (χ1) is 11.2. The van der Waals surface area contributed by atoms with Crippen LogP contribution in [0.3, 0.4) is 0 Å². The van der Waals surface area contributed by atoms with Crippen LogP contribution in [-0.2, 0) is 13.1 Å². The number of hydrogen-bond donors (Lipinski definition) is 1. The monoisotopic (exact) mass is 336 g/mol. The van der Waals surface area contributed by atoms with Crippen LogP contribution in [0.2, 0.25) is 5.02 Å². The first-order valence-electron chi connectivity index (χ1n) is 7.91. The number of rotatable bonds is 6. The number of nitrogens with one attached hydrogen (secondary N) is 1. The van der Waals surface area contributed by atoms with E-state index < -0.39 is 0 Å². The SMILES string of the molecule is CCn1ncc(Cl)c1C(=O)NC[C@H]1CCN(Cc2ccco2)C1. The lowest BCUT2D eigenvalue weighted by Gasteiger charge is -2.15. The number of likely N-dealkylation sites (tertiary alicyclic amines) is 1. The van der Waals surface area contributed by atoms with Crippen molar-refractivity contribution < 1.29 is 9.21 Å². The molecule has 0 bridgehead atoms. The summed E-state index contributed by atoms with van der Waals surface area (Å²) in [4.78, 5) is 14.7. The maximum absolute atomic E-state index is 12.3. The van der Waals surface area contributed by atoms with E-state index in [0.717, 1.165) is 31.8 Å². The number of aryl methyl sites for hydroxylation is 1. The second-order valence-corrected chi connectivity index (χ2v) is 6.24. The Hall–Kier alpha value is -1.79. The standard InChI is InChI=1S/C16H21ClN4O2/c1-2-21-15(14(17)9-19-21)16(22)18-8-12-5-6-20(10-12)11-13-4-3-7-23-13/h3-4,7,9,12H,2,5-6,8,10-11H2,1H3,(H,18,22)/t12-/m1/s1. The first-order valence-corrected chi connectivity index (χ1v) is 8.29. The van der Waals surface area contributed by atoms with Gasteiger partial charge in [-0.05, 0) is 37.9 Å². The van der Waals surface area contributed by atoms with Crippen molar-refractivity contribution in [1.29, 1.82) is 0 Å². The molecule has 3 rings (SSSR count). The minimum atomic E-state index is -0.154. The van der Waals surface area contributed by atoms with E-state index in [4.69, 9.17) is 16.0 Å². The van der Waals surface area contributed by atoms with Crippen molar-refractivity contribution >= 4 is 17.5 Å². The molecule has 2 aromatic rings. The predicted octanol–water partition coefficient (Wildman–Crippen LogP) is 2.40. The molecule has 1 atom stereocenters. The molecule has 0 radical (unpaired) electrons. The van der Waals surface area contributed by atoms with E-state index in [-0.39, 0.29) is 5.91 Å². The summed E-state index contributed by atoms with van der Waals surface area (Å²) in [7, 11) is 0. The zero-order valence-corrected chi connectivity index (χ0v) is 13.9. The summed E-state index contributed by atoms with van der Waals surface area (Å²) < 4.78 is 7.00. The van der Waals surface area contributed by atoms with Crippen molar-refractivity contribution in [2.75, 3.05) is 19.6 Å². The van der Waals surface area contributed by atoms with Gasteiger partial charge in [0.15, 0.2) is 0 Å². The Kier molecular flexibility index (Phi) is 5.03. The van der Waals surface area contributed by atoms with E-state index in [1.807, 2.05) is 19.1 Å². The van der Waals surface area contributed by atoms with E-state index >= 15 is 0 Å². The molecule has 1 amide bonds. The lowest BCUT2D eigenvalue weighted by molar-refractivity contribution is 0.0936. The lowest BCUT2D eigenvalue weighted by Crippen LogP contribution is -2.32. The van der Waals surface area contributed by atoms with Crippen LogP contribution in [0.15, 0.2) is 29.0 Å². The van der Waals surface area contributed by atoms with Crippen molar-refractivity contribution in [3.63, 3.8) is 0 Å². The van der Waals surface area contributed by atoms with Crippen molar-refractivity contribution in [3.8, 4) is 0 Å². The average molecular weight is 337 g/mol. The van der Waals surface area contributed by atoms with Crippen LogP contribution in [0.5, 0.6) is 0 Å². The smallest absolute Gasteiger partial charge is 0.271 e. The fourth-order valence-electron chi connectivity index (χ4n) is 2.99. The summed E-state index contributed by atoms with van der Waals surface area (Å²) in [6, 6.07) is 3.90. The van der Waals surface area contributed by atoms with Gasteiger partial charge in [0, 0.05) is 19.6 Å². The number of carbonyl (C=O) groups excluding carboxylic acids is 1. The average Bonchev–Trinajstić information content (AvgIpc) is 3.27. The van der Waals surface area contributed by atoms with Crippen LogP contribution in [0.25, 0.3) is 0 Å². The van der Waals surface area contributed by atoms with Gasteiger partial charge in [0.1, 0.15) is 11.5 Å². The number of carbonyl (C=O) groups is 1. The van der Waals surface area contributed by atoms with Crippen molar-refractivity contribution in [1.82, 2.24) is 20.0 Å². The number of amides is 1. The zero-order valence-electron chi connectivity index (χ0n) is 13.2. The van der Waals surface area contributed by atoms with Crippen LogP contribution in [-0.4, -0.2) is 40.2 Å². The minimum absolute atomic E-state index is 0.154. The number of hydrogen-bond acceptors (Lipinski definition) is 4. The third kappa shape index (κ3) is 3.76. The number of aromatic nitrogens is 2. The second kappa shape index (κ2) is 7.19. The van der Waals surface area contributed by atoms with Crippen LogP contribution in [0.1, 0.15) is 29.6 Å². The molecule has 1 saturated heterocycles. The molecule has 3 heterocycles. The van der Waals surface area contributed by atoms with Crippen LogP contribution in [0, 0.1) is 5.92 Å². The molecule has 0 aromatic carbocycles. The van der Waals surface area contributed by atoms with E-state index in [1.165, 1.54) is 6.20 Å². The fraction of sp³-hybridized carbons (Fsp3) is 0.500.